The number of methoxy groups -OCH3 is 2. The summed E-state index contributed by atoms with van der Waals surface area (Å²) in [6, 6.07) is 0. The van der Waals surface area contributed by atoms with E-state index >= 15 is 0 Å². The van der Waals surface area contributed by atoms with E-state index in [0.29, 0.717) is 5.92 Å². The molecular weight excluding hydrogens is 140 g/mol. The molecule has 0 spiro atoms. The van der Waals surface area contributed by atoms with Crippen molar-refractivity contribution in [1.82, 2.24) is 0 Å². The van der Waals surface area contributed by atoms with Crippen molar-refractivity contribution in [2.75, 3.05) is 27.4 Å². The highest BCUT2D eigenvalue weighted by atomic mass is 16.5. The summed E-state index contributed by atoms with van der Waals surface area (Å²) in [5.41, 5.74) is 0. The fraction of sp³-hybridized carbons (Fsp3) is 1.00. The van der Waals surface area contributed by atoms with Crippen molar-refractivity contribution in [3.8, 4) is 0 Å². The molecule has 0 radical (unpaired) electrons. The molecule has 11 heavy (non-hydrogen) atoms. The van der Waals surface area contributed by atoms with Crippen LogP contribution in [0.4, 0.5) is 0 Å². The molecule has 0 bridgehead atoms. The zero-order chi connectivity index (χ0) is 8.53. The molecule has 0 fully saturated rings. The first-order valence-electron chi connectivity index (χ1n) is 4.33. The van der Waals surface area contributed by atoms with Gasteiger partial charge >= 0.3 is 0 Å². The number of rotatable bonds is 7. The van der Waals surface area contributed by atoms with E-state index in [1.54, 1.807) is 14.2 Å². The molecule has 0 aliphatic rings. The van der Waals surface area contributed by atoms with Crippen LogP contribution in [0.1, 0.15) is 26.2 Å². The molecule has 0 amide bonds. The normalized spacial score (nSPS) is 10.9. The molecule has 0 aliphatic heterocycles. The van der Waals surface area contributed by atoms with Gasteiger partial charge in [-0.05, 0) is 6.42 Å². The lowest BCUT2D eigenvalue weighted by molar-refractivity contribution is 0.0794. The van der Waals surface area contributed by atoms with Gasteiger partial charge in [0.1, 0.15) is 0 Å². The Morgan fingerprint density at radius 2 is 1.64 bits per heavy atom. The third-order valence-electron chi connectivity index (χ3n) is 1.77. The molecule has 0 aromatic rings. The number of hydrogen-bond donors (Lipinski definition) is 0. The molecule has 0 heterocycles. The molecule has 0 N–H and O–H groups in total. The Hall–Kier alpha value is -0.0800. The first-order chi connectivity index (χ1) is 5.35. The van der Waals surface area contributed by atoms with E-state index in [-0.39, 0.29) is 0 Å². The van der Waals surface area contributed by atoms with Gasteiger partial charge in [0.2, 0.25) is 0 Å². The van der Waals surface area contributed by atoms with Crippen molar-refractivity contribution in [3.05, 3.63) is 0 Å². The van der Waals surface area contributed by atoms with E-state index in [1.165, 1.54) is 19.3 Å². The Bertz CT molecular complexity index is 68.0. The smallest absolute Gasteiger partial charge is 0.0512 e. The van der Waals surface area contributed by atoms with Crippen LogP contribution >= 0.6 is 0 Å². The average molecular weight is 160 g/mol. The largest absolute Gasteiger partial charge is 0.384 e. The second kappa shape index (κ2) is 8.02. The molecule has 0 saturated carbocycles. The molecule has 0 saturated heterocycles. The lowest BCUT2D eigenvalue weighted by atomic mass is 10.0. The molecule has 2 heteroatoms. The van der Waals surface area contributed by atoms with E-state index < -0.39 is 0 Å². The SMILES string of the molecule is CCCCC(COC)COC. The van der Waals surface area contributed by atoms with Gasteiger partial charge in [-0.25, -0.2) is 0 Å². The maximum absolute atomic E-state index is 5.07. The van der Waals surface area contributed by atoms with Crippen LogP contribution in [0.3, 0.4) is 0 Å². The summed E-state index contributed by atoms with van der Waals surface area (Å²) >= 11 is 0. The quantitative estimate of drug-likeness (QED) is 0.567. The van der Waals surface area contributed by atoms with E-state index in [2.05, 4.69) is 6.92 Å². The third kappa shape index (κ3) is 6.32. The van der Waals surface area contributed by atoms with E-state index in [1.807, 2.05) is 0 Å². The van der Waals surface area contributed by atoms with Crippen molar-refractivity contribution >= 4 is 0 Å². The number of ether oxygens (including phenoxy) is 2. The van der Waals surface area contributed by atoms with Gasteiger partial charge < -0.3 is 9.47 Å². The highest BCUT2D eigenvalue weighted by Crippen LogP contribution is 2.08. The second-order valence-corrected chi connectivity index (χ2v) is 2.92. The van der Waals surface area contributed by atoms with Gasteiger partial charge in [0.15, 0.2) is 0 Å². The van der Waals surface area contributed by atoms with Crippen LogP contribution in [0.2, 0.25) is 0 Å². The minimum absolute atomic E-state index is 0.588. The Morgan fingerprint density at radius 1 is 1.09 bits per heavy atom. The topological polar surface area (TPSA) is 18.5 Å². The predicted octanol–water partition coefficient (Wildman–Crippen LogP) is 2.09. The van der Waals surface area contributed by atoms with Crippen molar-refractivity contribution in [2.45, 2.75) is 26.2 Å². The summed E-state index contributed by atoms with van der Waals surface area (Å²) in [4.78, 5) is 0. The summed E-state index contributed by atoms with van der Waals surface area (Å²) in [7, 11) is 3.49. The van der Waals surface area contributed by atoms with Crippen LogP contribution in [0.5, 0.6) is 0 Å². The molecule has 2 nitrogen and oxygen atoms in total. The van der Waals surface area contributed by atoms with E-state index in [9.17, 15) is 0 Å². The minimum atomic E-state index is 0.588. The van der Waals surface area contributed by atoms with Gasteiger partial charge in [-0.1, -0.05) is 19.8 Å². The van der Waals surface area contributed by atoms with E-state index in [0.717, 1.165) is 13.2 Å². The molecule has 0 aliphatic carbocycles. The number of hydrogen-bond acceptors (Lipinski definition) is 2. The zero-order valence-corrected chi connectivity index (χ0v) is 7.93. The van der Waals surface area contributed by atoms with Gasteiger partial charge in [-0.2, -0.15) is 0 Å². The maximum atomic E-state index is 5.07. The lowest BCUT2D eigenvalue weighted by Crippen LogP contribution is -2.14. The van der Waals surface area contributed by atoms with Crippen LogP contribution in [0.25, 0.3) is 0 Å². The van der Waals surface area contributed by atoms with Crippen molar-refractivity contribution in [2.24, 2.45) is 5.92 Å². The van der Waals surface area contributed by atoms with Crippen LogP contribution in [0, 0.1) is 5.92 Å². The first kappa shape index (κ1) is 10.9. The summed E-state index contributed by atoms with van der Waals surface area (Å²) in [5, 5.41) is 0. The fourth-order valence-corrected chi connectivity index (χ4v) is 1.18. The molecule has 68 valence electrons. The van der Waals surface area contributed by atoms with Gasteiger partial charge in [0.25, 0.3) is 0 Å². The summed E-state index contributed by atoms with van der Waals surface area (Å²) < 4.78 is 10.1. The van der Waals surface area contributed by atoms with Crippen LogP contribution in [-0.2, 0) is 9.47 Å². The highest BCUT2D eigenvalue weighted by molar-refractivity contribution is 4.56. The fourth-order valence-electron chi connectivity index (χ4n) is 1.18. The average Bonchev–Trinajstić information content (AvgIpc) is 2.01. The molecule has 0 atom stereocenters. The summed E-state index contributed by atoms with van der Waals surface area (Å²) in [6.45, 7) is 3.86. The van der Waals surface area contributed by atoms with Gasteiger partial charge in [0.05, 0.1) is 13.2 Å². The molecule has 0 aromatic carbocycles. The van der Waals surface area contributed by atoms with Gasteiger partial charge in [-0.15, -0.1) is 0 Å². The standard InChI is InChI=1S/C9H20O2/c1-4-5-6-9(7-10-2)8-11-3/h9H,4-8H2,1-3H3. The monoisotopic (exact) mass is 160 g/mol. The Kier molecular flexibility index (Phi) is 7.96. The summed E-state index contributed by atoms with van der Waals surface area (Å²) in [6.07, 6.45) is 3.75. The lowest BCUT2D eigenvalue weighted by Gasteiger charge is -2.13. The Morgan fingerprint density at radius 3 is 2.00 bits per heavy atom. The van der Waals surface area contributed by atoms with Crippen LogP contribution in [-0.4, -0.2) is 27.4 Å². The van der Waals surface area contributed by atoms with Gasteiger partial charge in [0, 0.05) is 20.1 Å². The molecule has 0 aromatic heterocycles. The third-order valence-corrected chi connectivity index (χ3v) is 1.77. The van der Waals surface area contributed by atoms with Crippen LogP contribution < -0.4 is 0 Å². The van der Waals surface area contributed by atoms with Gasteiger partial charge in [-0.3, -0.25) is 0 Å². The Balaban J connectivity index is 3.34. The predicted molar refractivity (Wildman–Crippen MR) is 46.8 cm³/mol. The summed E-state index contributed by atoms with van der Waals surface area (Å²) in [5.74, 6) is 0.588. The first-order valence-corrected chi connectivity index (χ1v) is 4.33. The molecule has 0 rings (SSSR count). The molecular formula is C9H20O2. The Labute approximate surface area is 69.9 Å². The van der Waals surface area contributed by atoms with Crippen molar-refractivity contribution in [1.29, 1.82) is 0 Å². The molecule has 0 unspecified atom stereocenters. The van der Waals surface area contributed by atoms with Crippen molar-refractivity contribution < 1.29 is 9.47 Å². The maximum Gasteiger partial charge on any atom is 0.0512 e. The van der Waals surface area contributed by atoms with Crippen LogP contribution in [0.15, 0.2) is 0 Å². The highest BCUT2D eigenvalue weighted by Gasteiger charge is 2.06. The van der Waals surface area contributed by atoms with E-state index in [4.69, 9.17) is 9.47 Å². The number of unbranched alkanes of at least 4 members (excludes halogenated alkanes) is 1. The second-order valence-electron chi connectivity index (χ2n) is 2.92. The zero-order valence-electron chi connectivity index (χ0n) is 7.93. The minimum Gasteiger partial charge on any atom is -0.384 e. The van der Waals surface area contributed by atoms with Crippen molar-refractivity contribution in [3.63, 3.8) is 0 Å².